The van der Waals surface area contributed by atoms with Gasteiger partial charge in [-0.15, -0.1) is 5.10 Å². The van der Waals surface area contributed by atoms with Gasteiger partial charge in [0.15, 0.2) is 5.65 Å². The van der Waals surface area contributed by atoms with Crippen LogP contribution in [0.15, 0.2) is 79.4 Å². The maximum Gasteiger partial charge on any atom is 0.247 e. The fraction of sp³-hybridized carbons (Fsp3) is 0.200. The van der Waals surface area contributed by atoms with Crippen LogP contribution in [-0.2, 0) is 0 Å². The summed E-state index contributed by atoms with van der Waals surface area (Å²) in [6.07, 6.45) is 9.62. The molecule has 1 aliphatic heterocycles. The van der Waals surface area contributed by atoms with Crippen molar-refractivity contribution in [3.8, 4) is 22.4 Å². The number of hydrogen-bond acceptors (Lipinski definition) is 6. The van der Waals surface area contributed by atoms with Crippen LogP contribution in [-0.4, -0.2) is 42.5 Å². The Morgan fingerprint density at radius 2 is 1.73 bits per heavy atom. The van der Waals surface area contributed by atoms with Crippen LogP contribution in [0.4, 0.5) is 11.6 Å². The van der Waals surface area contributed by atoms with E-state index in [4.69, 9.17) is 4.98 Å². The van der Waals surface area contributed by atoms with Crippen LogP contribution in [0.25, 0.3) is 28.0 Å². The second-order valence-corrected chi connectivity index (χ2v) is 8.21. The van der Waals surface area contributed by atoms with E-state index in [2.05, 4.69) is 50.1 Å². The van der Waals surface area contributed by atoms with Crippen LogP contribution in [0.2, 0.25) is 0 Å². The van der Waals surface area contributed by atoms with E-state index in [0.29, 0.717) is 17.6 Å². The number of aromatic nitrogens is 6. The summed E-state index contributed by atoms with van der Waals surface area (Å²) in [5.74, 6) is 0.520. The fourth-order valence-corrected chi connectivity index (χ4v) is 4.42. The molecular weight excluding hydrogens is 412 g/mol. The predicted molar refractivity (Wildman–Crippen MR) is 128 cm³/mol. The van der Waals surface area contributed by atoms with Gasteiger partial charge in [0.1, 0.15) is 5.69 Å². The third-order valence-corrected chi connectivity index (χ3v) is 6.06. The molecule has 0 bridgehead atoms. The Hall–Kier alpha value is -4.04. The van der Waals surface area contributed by atoms with Crippen LogP contribution in [0, 0.1) is 0 Å². The minimum Gasteiger partial charge on any atom is -0.320 e. The molecule has 0 unspecified atom stereocenters. The molecule has 0 spiro atoms. The Labute approximate surface area is 191 Å². The number of nitrogens with one attached hydrogen (secondary N) is 2. The number of piperidine rings is 1. The second kappa shape index (κ2) is 8.48. The molecule has 5 aromatic rings. The highest BCUT2D eigenvalue weighted by atomic mass is 15.4. The first kappa shape index (κ1) is 19.6. The maximum atomic E-state index is 4.77. The average Bonchev–Trinajstić information content (AvgIpc) is 3.52. The van der Waals surface area contributed by atoms with E-state index in [9.17, 15) is 0 Å². The number of nitrogens with zero attached hydrogens (tertiary/aromatic N) is 6. The minimum absolute atomic E-state index is 0.432. The van der Waals surface area contributed by atoms with Crippen molar-refractivity contribution in [2.24, 2.45) is 0 Å². The van der Waals surface area contributed by atoms with Gasteiger partial charge >= 0.3 is 0 Å². The van der Waals surface area contributed by atoms with Gasteiger partial charge in [-0.3, -0.25) is 9.67 Å². The van der Waals surface area contributed by atoms with E-state index in [-0.39, 0.29) is 0 Å². The van der Waals surface area contributed by atoms with E-state index in [0.717, 1.165) is 54.0 Å². The molecule has 6 rings (SSSR count). The van der Waals surface area contributed by atoms with Gasteiger partial charge in [-0.2, -0.15) is 10.1 Å². The number of rotatable bonds is 5. The van der Waals surface area contributed by atoms with Crippen molar-refractivity contribution < 1.29 is 0 Å². The van der Waals surface area contributed by atoms with Crippen molar-refractivity contribution in [3.05, 3.63) is 79.4 Å². The van der Waals surface area contributed by atoms with Gasteiger partial charge < -0.3 is 10.6 Å². The van der Waals surface area contributed by atoms with E-state index < -0.39 is 0 Å². The Morgan fingerprint density at radius 1 is 0.939 bits per heavy atom. The molecule has 0 saturated carbocycles. The molecule has 2 aromatic carbocycles. The lowest BCUT2D eigenvalue weighted by Gasteiger charge is -2.22. The zero-order valence-electron chi connectivity index (χ0n) is 18.1. The highest BCUT2D eigenvalue weighted by Gasteiger charge is 2.17. The van der Waals surface area contributed by atoms with Gasteiger partial charge in [-0.05, 0) is 37.1 Å². The lowest BCUT2D eigenvalue weighted by Crippen LogP contribution is -2.29. The van der Waals surface area contributed by atoms with Gasteiger partial charge in [0, 0.05) is 24.2 Å². The fourth-order valence-electron chi connectivity index (χ4n) is 4.42. The maximum absolute atomic E-state index is 4.77. The van der Waals surface area contributed by atoms with Crippen LogP contribution < -0.4 is 10.6 Å². The summed E-state index contributed by atoms with van der Waals surface area (Å²) in [5, 5.41) is 15.9. The molecule has 0 aliphatic carbocycles. The predicted octanol–water partition coefficient (Wildman–Crippen LogP) is 4.32. The van der Waals surface area contributed by atoms with E-state index in [1.165, 1.54) is 0 Å². The largest absolute Gasteiger partial charge is 0.320 e. The summed E-state index contributed by atoms with van der Waals surface area (Å²) in [7, 11) is 0. The molecule has 0 atom stereocenters. The Bertz CT molecular complexity index is 1380. The smallest absolute Gasteiger partial charge is 0.247 e. The van der Waals surface area contributed by atoms with Crippen molar-refractivity contribution in [2.45, 2.75) is 18.9 Å². The van der Waals surface area contributed by atoms with Crippen LogP contribution >= 0.6 is 0 Å². The molecule has 1 fully saturated rings. The lowest BCUT2D eigenvalue weighted by atomic mass is 9.98. The minimum atomic E-state index is 0.432. The van der Waals surface area contributed by atoms with Gasteiger partial charge in [0.2, 0.25) is 5.95 Å². The molecular formula is C25H24N8. The topological polar surface area (TPSA) is 85.0 Å². The summed E-state index contributed by atoms with van der Waals surface area (Å²) in [6.45, 7) is 2.06. The van der Waals surface area contributed by atoms with Crippen molar-refractivity contribution in [1.82, 2.24) is 34.7 Å². The van der Waals surface area contributed by atoms with Gasteiger partial charge in [0.05, 0.1) is 17.9 Å². The molecule has 1 aliphatic rings. The zero-order chi connectivity index (χ0) is 22.0. The first-order valence-corrected chi connectivity index (χ1v) is 11.2. The number of hydrogen-bond donors (Lipinski definition) is 2. The Kier molecular flexibility index (Phi) is 5.04. The molecule has 8 nitrogen and oxygen atoms in total. The molecule has 4 heterocycles. The highest BCUT2D eigenvalue weighted by molar-refractivity contribution is 5.87. The highest BCUT2D eigenvalue weighted by Crippen LogP contribution is 2.32. The number of fused-ring (bicyclic) bond motifs is 1. The van der Waals surface area contributed by atoms with Crippen LogP contribution in [0.3, 0.4) is 0 Å². The first-order valence-electron chi connectivity index (χ1n) is 11.2. The summed E-state index contributed by atoms with van der Waals surface area (Å²) >= 11 is 0. The summed E-state index contributed by atoms with van der Waals surface area (Å²) in [4.78, 5) is 9.45. The van der Waals surface area contributed by atoms with Crippen molar-refractivity contribution in [3.63, 3.8) is 0 Å². The standard InChI is InChI=1S/C25H24N8/c1-2-6-18(7-3-1)21-8-4-5-9-22(21)23-24-30-25(31-32(24)15-14-27-23)29-19-16-28-33(17-19)20-10-12-26-13-11-20/h1-9,14-17,20,26H,10-13H2,(H,29,31). The molecule has 3 aromatic heterocycles. The van der Waals surface area contributed by atoms with E-state index in [1.807, 2.05) is 53.6 Å². The molecule has 8 heteroatoms. The van der Waals surface area contributed by atoms with Gasteiger partial charge in [0.25, 0.3) is 0 Å². The van der Waals surface area contributed by atoms with Gasteiger partial charge in [-0.1, -0.05) is 54.6 Å². The van der Waals surface area contributed by atoms with E-state index >= 15 is 0 Å². The van der Waals surface area contributed by atoms with E-state index in [1.54, 1.807) is 10.7 Å². The van der Waals surface area contributed by atoms with Gasteiger partial charge in [-0.25, -0.2) is 4.52 Å². The third kappa shape index (κ3) is 3.85. The number of anilines is 2. The molecule has 1 saturated heterocycles. The summed E-state index contributed by atoms with van der Waals surface area (Å²) in [5.41, 5.74) is 5.65. The zero-order valence-corrected chi connectivity index (χ0v) is 18.1. The van der Waals surface area contributed by atoms with Crippen molar-refractivity contribution in [1.29, 1.82) is 0 Å². The average molecular weight is 437 g/mol. The van der Waals surface area contributed by atoms with Crippen molar-refractivity contribution >= 4 is 17.3 Å². The molecule has 2 N–H and O–H groups in total. The molecule has 164 valence electrons. The second-order valence-electron chi connectivity index (χ2n) is 8.21. The van der Waals surface area contributed by atoms with Crippen LogP contribution in [0.1, 0.15) is 18.9 Å². The lowest BCUT2D eigenvalue weighted by molar-refractivity contribution is 0.343. The number of benzene rings is 2. The monoisotopic (exact) mass is 436 g/mol. The summed E-state index contributed by atoms with van der Waals surface area (Å²) in [6, 6.07) is 19.0. The quantitative estimate of drug-likeness (QED) is 0.427. The third-order valence-electron chi connectivity index (χ3n) is 6.06. The summed E-state index contributed by atoms with van der Waals surface area (Å²) < 4.78 is 3.81. The molecule has 0 amide bonds. The Balaban J connectivity index is 1.34. The molecule has 0 radical (unpaired) electrons. The molecule has 33 heavy (non-hydrogen) atoms. The Morgan fingerprint density at radius 3 is 2.58 bits per heavy atom. The first-order chi connectivity index (χ1) is 16.3. The van der Waals surface area contributed by atoms with Crippen LogP contribution in [0.5, 0.6) is 0 Å². The SMILES string of the molecule is c1ccc(-c2ccccc2-c2nccn3nc(Nc4cnn(C5CCNCC5)c4)nc23)cc1. The van der Waals surface area contributed by atoms with Crippen molar-refractivity contribution in [2.75, 3.05) is 18.4 Å². The normalized spacial score (nSPS) is 14.5.